The van der Waals surface area contributed by atoms with E-state index in [-0.39, 0.29) is 11.3 Å². The number of aryl methyl sites for hydroxylation is 1. The monoisotopic (exact) mass is 332 g/mol. The number of aromatic nitrogens is 1. The van der Waals surface area contributed by atoms with Gasteiger partial charge in [-0.1, -0.05) is 0 Å². The second-order valence-electron chi connectivity index (χ2n) is 5.20. The number of alkyl halides is 3. The average molecular weight is 332 g/mol. The highest BCUT2D eigenvalue weighted by Crippen LogP contribution is 2.40. The molecule has 7 nitrogen and oxygen atoms in total. The van der Waals surface area contributed by atoms with Gasteiger partial charge in [0.2, 0.25) is 0 Å². The van der Waals surface area contributed by atoms with Gasteiger partial charge in [-0.3, -0.25) is 9.78 Å². The average Bonchev–Trinajstić information content (AvgIpc) is 2.38. The number of halogens is 3. The van der Waals surface area contributed by atoms with Crippen LogP contribution in [0.2, 0.25) is 0 Å². The van der Waals surface area contributed by atoms with E-state index in [2.05, 4.69) is 15.0 Å². The van der Waals surface area contributed by atoms with Gasteiger partial charge in [0.15, 0.2) is 5.60 Å². The quantitative estimate of drug-likeness (QED) is 0.871. The number of primary amides is 1. The lowest BCUT2D eigenvalue weighted by Gasteiger charge is -2.49. The third kappa shape index (κ3) is 3.07. The van der Waals surface area contributed by atoms with Crippen molar-refractivity contribution in [1.82, 2.24) is 9.88 Å². The molecule has 3 amide bonds. The number of nitrogens with zero attached hydrogens (tertiary/aromatic N) is 2. The first kappa shape index (κ1) is 17.0. The minimum absolute atomic E-state index is 0.118. The fourth-order valence-electron chi connectivity index (χ4n) is 2.19. The van der Waals surface area contributed by atoms with E-state index < -0.39 is 36.8 Å². The summed E-state index contributed by atoms with van der Waals surface area (Å²) < 4.78 is 43.1. The number of carbonyl (C=O) groups is 2. The number of anilines is 1. The van der Waals surface area contributed by atoms with Gasteiger partial charge in [0.05, 0.1) is 36.2 Å². The standard InChI is InChI=1S/C13H15F3N4O3/c1-7-9(10(17)21)3-8(4-18-7)19-11(22)20-5-12(6-20,23-2)13(14,15)16/h3-4H,5-6H2,1-2H3,(H2,17,21)(H,19,22). The van der Waals surface area contributed by atoms with Crippen molar-refractivity contribution in [3.63, 3.8) is 0 Å². The Hall–Kier alpha value is -2.36. The Balaban J connectivity index is 2.05. The lowest BCUT2D eigenvalue weighted by atomic mass is 9.93. The van der Waals surface area contributed by atoms with Gasteiger partial charge in [-0.2, -0.15) is 13.2 Å². The third-order valence-electron chi connectivity index (χ3n) is 3.69. The van der Waals surface area contributed by atoms with Crippen LogP contribution in [0.4, 0.5) is 23.7 Å². The predicted molar refractivity (Wildman–Crippen MR) is 73.9 cm³/mol. The van der Waals surface area contributed by atoms with Gasteiger partial charge in [-0.25, -0.2) is 4.79 Å². The molecular weight excluding hydrogens is 317 g/mol. The second-order valence-corrected chi connectivity index (χ2v) is 5.20. The van der Waals surface area contributed by atoms with E-state index in [0.717, 1.165) is 12.0 Å². The van der Waals surface area contributed by atoms with Crippen molar-refractivity contribution in [2.45, 2.75) is 18.7 Å². The van der Waals surface area contributed by atoms with Gasteiger partial charge in [0.1, 0.15) is 0 Å². The maximum atomic E-state index is 12.9. The molecule has 2 rings (SSSR count). The fraction of sp³-hybridized carbons (Fsp3) is 0.462. The van der Waals surface area contributed by atoms with E-state index in [4.69, 9.17) is 5.73 Å². The summed E-state index contributed by atoms with van der Waals surface area (Å²) in [6, 6.07) is 0.568. The highest BCUT2D eigenvalue weighted by molar-refractivity contribution is 5.96. The van der Waals surface area contributed by atoms with Crippen LogP contribution in [0.15, 0.2) is 12.3 Å². The molecule has 1 aliphatic heterocycles. The molecule has 126 valence electrons. The minimum atomic E-state index is -4.57. The molecule has 0 spiro atoms. The van der Waals surface area contributed by atoms with Gasteiger partial charge in [0.25, 0.3) is 5.91 Å². The minimum Gasteiger partial charge on any atom is -0.366 e. The van der Waals surface area contributed by atoms with Crippen molar-refractivity contribution in [2.75, 3.05) is 25.5 Å². The first-order valence-corrected chi connectivity index (χ1v) is 6.54. The summed E-state index contributed by atoms with van der Waals surface area (Å²) in [5.74, 6) is -0.717. The number of hydrogen-bond acceptors (Lipinski definition) is 4. The Morgan fingerprint density at radius 2 is 2.04 bits per heavy atom. The summed E-state index contributed by atoms with van der Waals surface area (Å²) in [4.78, 5) is 28.0. The summed E-state index contributed by atoms with van der Waals surface area (Å²) in [7, 11) is 0.950. The molecule has 0 aliphatic carbocycles. The largest absolute Gasteiger partial charge is 0.420 e. The molecule has 0 radical (unpaired) electrons. The zero-order valence-electron chi connectivity index (χ0n) is 12.4. The summed E-state index contributed by atoms with van der Waals surface area (Å²) in [6.45, 7) is 0.346. The zero-order chi connectivity index (χ0) is 17.4. The lowest BCUT2D eigenvalue weighted by molar-refractivity contribution is -0.303. The predicted octanol–water partition coefficient (Wildman–Crippen LogP) is 1.28. The third-order valence-corrected chi connectivity index (χ3v) is 3.69. The van der Waals surface area contributed by atoms with Crippen LogP contribution in [0, 0.1) is 6.92 Å². The van der Waals surface area contributed by atoms with Gasteiger partial charge in [-0.05, 0) is 13.0 Å². The van der Waals surface area contributed by atoms with Crippen LogP contribution in [0.25, 0.3) is 0 Å². The van der Waals surface area contributed by atoms with Gasteiger partial charge >= 0.3 is 12.2 Å². The van der Waals surface area contributed by atoms with Crippen LogP contribution in [-0.2, 0) is 4.74 Å². The van der Waals surface area contributed by atoms with E-state index in [1.807, 2.05) is 0 Å². The number of methoxy groups -OCH3 is 1. The molecule has 0 aromatic carbocycles. The van der Waals surface area contributed by atoms with Gasteiger partial charge < -0.3 is 20.7 Å². The molecule has 10 heteroatoms. The van der Waals surface area contributed by atoms with Gasteiger partial charge in [0, 0.05) is 7.11 Å². The summed E-state index contributed by atoms with van der Waals surface area (Å²) in [5.41, 5.74) is 3.50. The Kier molecular flexibility index (Phi) is 4.20. The zero-order valence-corrected chi connectivity index (χ0v) is 12.4. The van der Waals surface area contributed by atoms with Crippen LogP contribution in [0.1, 0.15) is 16.1 Å². The molecule has 2 heterocycles. The SMILES string of the molecule is COC1(C(F)(F)F)CN(C(=O)Nc2cnc(C)c(C(N)=O)c2)C1. The molecule has 0 saturated carbocycles. The number of amides is 3. The Labute approximate surface area is 129 Å². The number of nitrogens with one attached hydrogen (secondary N) is 1. The van der Waals surface area contributed by atoms with E-state index in [9.17, 15) is 22.8 Å². The topological polar surface area (TPSA) is 97.6 Å². The lowest BCUT2D eigenvalue weighted by Crippen LogP contribution is -2.71. The van der Waals surface area contributed by atoms with E-state index in [1.165, 1.54) is 12.3 Å². The van der Waals surface area contributed by atoms with Crippen molar-refractivity contribution >= 4 is 17.6 Å². The molecule has 1 fully saturated rings. The fourth-order valence-corrected chi connectivity index (χ4v) is 2.19. The van der Waals surface area contributed by atoms with Crippen LogP contribution in [-0.4, -0.2) is 53.8 Å². The van der Waals surface area contributed by atoms with Crippen molar-refractivity contribution in [3.05, 3.63) is 23.5 Å². The highest BCUT2D eigenvalue weighted by atomic mass is 19.4. The molecule has 1 aromatic rings. The summed E-state index contributed by atoms with van der Waals surface area (Å²) in [5, 5.41) is 2.37. The molecule has 1 saturated heterocycles. The summed E-state index contributed by atoms with van der Waals surface area (Å²) >= 11 is 0. The Morgan fingerprint density at radius 3 is 2.52 bits per heavy atom. The first-order chi connectivity index (χ1) is 10.6. The van der Waals surface area contributed by atoms with Crippen molar-refractivity contribution < 1.29 is 27.5 Å². The smallest absolute Gasteiger partial charge is 0.366 e. The number of nitrogens with two attached hydrogens (primary N) is 1. The van der Waals surface area contributed by atoms with Crippen LogP contribution >= 0.6 is 0 Å². The maximum absolute atomic E-state index is 12.9. The first-order valence-electron chi connectivity index (χ1n) is 6.54. The number of rotatable bonds is 3. The maximum Gasteiger partial charge on any atom is 0.420 e. The van der Waals surface area contributed by atoms with Crippen molar-refractivity contribution in [2.24, 2.45) is 5.73 Å². The molecule has 1 aromatic heterocycles. The molecule has 0 atom stereocenters. The number of ether oxygens (including phenoxy) is 1. The molecule has 0 bridgehead atoms. The molecule has 1 aliphatic rings. The molecule has 3 N–H and O–H groups in total. The number of carbonyl (C=O) groups excluding carboxylic acids is 2. The van der Waals surface area contributed by atoms with Crippen LogP contribution in [0.5, 0.6) is 0 Å². The Bertz CT molecular complexity index is 642. The summed E-state index contributed by atoms with van der Waals surface area (Å²) in [6.07, 6.45) is -3.28. The molecule has 0 unspecified atom stereocenters. The second kappa shape index (κ2) is 5.69. The van der Waals surface area contributed by atoms with E-state index in [1.54, 1.807) is 6.92 Å². The number of urea groups is 1. The molecular formula is C13H15F3N4O3. The normalized spacial score (nSPS) is 16.7. The highest BCUT2D eigenvalue weighted by Gasteiger charge is 2.63. The van der Waals surface area contributed by atoms with Crippen molar-refractivity contribution in [1.29, 1.82) is 0 Å². The van der Waals surface area contributed by atoms with E-state index in [0.29, 0.717) is 5.69 Å². The van der Waals surface area contributed by atoms with Crippen LogP contribution < -0.4 is 11.1 Å². The number of pyridine rings is 1. The molecule has 23 heavy (non-hydrogen) atoms. The number of likely N-dealkylation sites (tertiary alicyclic amines) is 1. The number of hydrogen-bond donors (Lipinski definition) is 2. The Morgan fingerprint density at radius 1 is 1.43 bits per heavy atom. The van der Waals surface area contributed by atoms with Crippen molar-refractivity contribution in [3.8, 4) is 0 Å². The van der Waals surface area contributed by atoms with E-state index >= 15 is 0 Å². The van der Waals surface area contributed by atoms with Gasteiger partial charge in [-0.15, -0.1) is 0 Å². The van der Waals surface area contributed by atoms with Crippen LogP contribution in [0.3, 0.4) is 0 Å².